The number of aryl methyl sites for hydroxylation is 1. The lowest BCUT2D eigenvalue weighted by atomic mass is 10.3. The normalized spacial score (nSPS) is 10.3. The van der Waals surface area contributed by atoms with E-state index in [2.05, 4.69) is 25.6 Å². The number of carbonyl (C=O) groups excluding carboxylic acids is 1. The average Bonchev–Trinajstić information content (AvgIpc) is 3.04. The highest BCUT2D eigenvalue weighted by atomic mass is 32.1. The Morgan fingerprint density at radius 2 is 1.96 bits per heavy atom. The molecule has 0 spiro atoms. The lowest BCUT2D eigenvalue weighted by molar-refractivity contribution is 0.262. The molecule has 0 aliphatic heterocycles. The van der Waals surface area contributed by atoms with Gasteiger partial charge in [-0.05, 0) is 30.7 Å². The van der Waals surface area contributed by atoms with E-state index in [9.17, 15) is 4.79 Å². The second-order valence-corrected chi connectivity index (χ2v) is 5.56. The van der Waals surface area contributed by atoms with Crippen molar-refractivity contribution in [3.05, 3.63) is 53.7 Å². The van der Waals surface area contributed by atoms with Crippen molar-refractivity contribution in [1.29, 1.82) is 0 Å². The number of rotatable bonds is 4. The standard InChI is InChI=1S/C16H15N5OS/c1-2-11-6-5-8-13(18-11)20-16(22)21-14-10-23-15(19-14)12-7-3-4-9-17-12/h3-10H,2H2,1H3,(H2,18,20,21,22). The van der Waals surface area contributed by atoms with Gasteiger partial charge in [-0.3, -0.25) is 15.6 Å². The van der Waals surface area contributed by atoms with Crippen LogP contribution in [0.4, 0.5) is 16.4 Å². The van der Waals surface area contributed by atoms with Crippen molar-refractivity contribution < 1.29 is 4.79 Å². The third-order valence-corrected chi connectivity index (χ3v) is 3.91. The minimum Gasteiger partial charge on any atom is -0.292 e. The maximum Gasteiger partial charge on any atom is 0.326 e. The molecular formula is C16H15N5OS. The van der Waals surface area contributed by atoms with E-state index < -0.39 is 0 Å². The van der Waals surface area contributed by atoms with Crippen LogP contribution >= 0.6 is 11.3 Å². The number of nitrogens with one attached hydrogen (secondary N) is 2. The zero-order chi connectivity index (χ0) is 16.1. The Morgan fingerprint density at radius 1 is 1.09 bits per heavy atom. The number of carbonyl (C=O) groups is 1. The molecule has 2 N–H and O–H groups in total. The van der Waals surface area contributed by atoms with E-state index >= 15 is 0 Å². The fourth-order valence-corrected chi connectivity index (χ4v) is 2.68. The van der Waals surface area contributed by atoms with Gasteiger partial charge in [-0.25, -0.2) is 14.8 Å². The largest absolute Gasteiger partial charge is 0.326 e. The van der Waals surface area contributed by atoms with Gasteiger partial charge in [-0.2, -0.15) is 0 Å². The zero-order valence-electron chi connectivity index (χ0n) is 12.5. The Morgan fingerprint density at radius 3 is 2.74 bits per heavy atom. The van der Waals surface area contributed by atoms with Gasteiger partial charge in [0.15, 0.2) is 0 Å². The van der Waals surface area contributed by atoms with Gasteiger partial charge in [-0.1, -0.05) is 19.1 Å². The summed E-state index contributed by atoms with van der Waals surface area (Å²) >= 11 is 1.43. The van der Waals surface area contributed by atoms with E-state index in [0.29, 0.717) is 11.6 Å². The molecule has 0 bridgehead atoms. The quantitative estimate of drug-likeness (QED) is 0.764. The monoisotopic (exact) mass is 325 g/mol. The number of nitrogens with zero attached hydrogens (tertiary/aromatic N) is 3. The first kappa shape index (κ1) is 15.1. The van der Waals surface area contributed by atoms with E-state index in [1.807, 2.05) is 37.3 Å². The predicted molar refractivity (Wildman–Crippen MR) is 91.6 cm³/mol. The van der Waals surface area contributed by atoms with Gasteiger partial charge >= 0.3 is 6.03 Å². The summed E-state index contributed by atoms with van der Waals surface area (Å²) in [6, 6.07) is 10.8. The van der Waals surface area contributed by atoms with Crippen molar-refractivity contribution in [3.8, 4) is 10.7 Å². The SMILES string of the molecule is CCc1cccc(NC(=O)Nc2csc(-c3ccccn3)n2)n1. The fourth-order valence-electron chi connectivity index (χ4n) is 1.95. The van der Waals surface area contributed by atoms with E-state index in [1.165, 1.54) is 11.3 Å². The molecule has 6 nitrogen and oxygen atoms in total. The smallest absolute Gasteiger partial charge is 0.292 e. The summed E-state index contributed by atoms with van der Waals surface area (Å²) < 4.78 is 0. The molecule has 0 saturated carbocycles. The Hall–Kier alpha value is -2.80. The van der Waals surface area contributed by atoms with Crippen molar-refractivity contribution in [2.75, 3.05) is 10.6 Å². The Labute approximate surface area is 137 Å². The maximum atomic E-state index is 12.0. The molecule has 3 heterocycles. The van der Waals surface area contributed by atoms with Crippen molar-refractivity contribution >= 4 is 29.0 Å². The summed E-state index contributed by atoms with van der Waals surface area (Å²) in [4.78, 5) is 24.9. The lowest BCUT2D eigenvalue weighted by Gasteiger charge is -2.05. The first-order valence-corrected chi connectivity index (χ1v) is 8.03. The highest BCUT2D eigenvalue weighted by Gasteiger charge is 2.09. The molecule has 7 heteroatoms. The second kappa shape index (κ2) is 6.97. The van der Waals surface area contributed by atoms with Crippen LogP contribution in [0.5, 0.6) is 0 Å². The number of amides is 2. The molecule has 0 fully saturated rings. The minimum atomic E-state index is -0.372. The second-order valence-electron chi connectivity index (χ2n) is 4.70. The summed E-state index contributed by atoms with van der Waals surface area (Å²) in [5.41, 5.74) is 1.71. The molecule has 0 aliphatic carbocycles. The van der Waals surface area contributed by atoms with Crippen LogP contribution in [-0.2, 0) is 6.42 Å². The number of pyridine rings is 2. The molecule has 0 aliphatic rings. The molecule has 23 heavy (non-hydrogen) atoms. The fraction of sp³-hybridized carbons (Fsp3) is 0.125. The summed E-state index contributed by atoms with van der Waals surface area (Å²) in [6.45, 7) is 2.01. The highest BCUT2D eigenvalue weighted by molar-refractivity contribution is 7.13. The molecule has 3 aromatic rings. The van der Waals surface area contributed by atoms with Gasteiger partial charge in [-0.15, -0.1) is 11.3 Å². The molecule has 0 aromatic carbocycles. The lowest BCUT2D eigenvalue weighted by Crippen LogP contribution is -2.20. The molecular weight excluding hydrogens is 310 g/mol. The number of urea groups is 1. The molecule has 116 valence electrons. The molecule has 3 aromatic heterocycles. The molecule has 0 atom stereocenters. The zero-order valence-corrected chi connectivity index (χ0v) is 13.3. The van der Waals surface area contributed by atoms with E-state index in [-0.39, 0.29) is 6.03 Å². The van der Waals surface area contributed by atoms with Crippen molar-refractivity contribution in [2.45, 2.75) is 13.3 Å². The van der Waals surface area contributed by atoms with Crippen LogP contribution in [0.2, 0.25) is 0 Å². The number of aromatic nitrogens is 3. The Bertz CT molecular complexity index is 803. The molecule has 0 unspecified atom stereocenters. The van der Waals surface area contributed by atoms with Gasteiger partial charge in [0.1, 0.15) is 16.6 Å². The third kappa shape index (κ3) is 3.89. The third-order valence-electron chi connectivity index (χ3n) is 3.04. The number of hydrogen-bond donors (Lipinski definition) is 2. The van der Waals surface area contributed by atoms with Crippen molar-refractivity contribution in [3.63, 3.8) is 0 Å². The summed E-state index contributed by atoms with van der Waals surface area (Å²) in [5, 5.41) is 7.94. The first-order valence-electron chi connectivity index (χ1n) is 7.15. The summed E-state index contributed by atoms with van der Waals surface area (Å²) in [7, 11) is 0. The van der Waals surface area contributed by atoms with E-state index in [1.54, 1.807) is 17.6 Å². The van der Waals surface area contributed by atoms with Gasteiger partial charge < -0.3 is 0 Å². The van der Waals surface area contributed by atoms with Gasteiger partial charge in [0.05, 0.1) is 5.69 Å². The number of thiazole rings is 1. The van der Waals surface area contributed by atoms with Crippen LogP contribution in [-0.4, -0.2) is 21.0 Å². The molecule has 0 radical (unpaired) electrons. The first-order chi connectivity index (χ1) is 11.2. The topological polar surface area (TPSA) is 79.8 Å². The predicted octanol–water partition coefficient (Wildman–Crippen LogP) is 3.81. The van der Waals surface area contributed by atoms with Crippen LogP contribution < -0.4 is 10.6 Å². The Balaban J connectivity index is 1.65. The van der Waals surface area contributed by atoms with Crippen LogP contribution in [0, 0.1) is 0 Å². The van der Waals surface area contributed by atoms with Crippen LogP contribution in [0.1, 0.15) is 12.6 Å². The molecule has 2 amide bonds. The van der Waals surface area contributed by atoms with Crippen LogP contribution in [0.25, 0.3) is 10.7 Å². The van der Waals surface area contributed by atoms with E-state index in [0.717, 1.165) is 22.8 Å². The van der Waals surface area contributed by atoms with Gasteiger partial charge in [0.25, 0.3) is 0 Å². The van der Waals surface area contributed by atoms with Gasteiger partial charge in [0.2, 0.25) is 0 Å². The van der Waals surface area contributed by atoms with E-state index in [4.69, 9.17) is 0 Å². The van der Waals surface area contributed by atoms with Crippen LogP contribution in [0.15, 0.2) is 48.0 Å². The molecule has 3 rings (SSSR count). The average molecular weight is 325 g/mol. The number of anilines is 2. The number of hydrogen-bond acceptors (Lipinski definition) is 5. The summed E-state index contributed by atoms with van der Waals surface area (Å²) in [5.74, 6) is 1.00. The Kier molecular flexibility index (Phi) is 4.58. The highest BCUT2D eigenvalue weighted by Crippen LogP contribution is 2.23. The van der Waals surface area contributed by atoms with Crippen molar-refractivity contribution in [1.82, 2.24) is 15.0 Å². The maximum absolute atomic E-state index is 12.0. The minimum absolute atomic E-state index is 0.372. The molecule has 0 saturated heterocycles. The summed E-state index contributed by atoms with van der Waals surface area (Å²) in [6.07, 6.45) is 2.53. The van der Waals surface area contributed by atoms with Crippen LogP contribution in [0.3, 0.4) is 0 Å². The van der Waals surface area contributed by atoms with Crippen molar-refractivity contribution in [2.24, 2.45) is 0 Å². The van der Waals surface area contributed by atoms with Gasteiger partial charge in [0, 0.05) is 17.3 Å².